The normalized spacial score (nSPS) is 15.6. The number of para-hydroxylation sites is 1. The Morgan fingerprint density at radius 1 is 1.26 bits per heavy atom. The topological polar surface area (TPSA) is 70.3 Å². The van der Waals surface area contributed by atoms with Gasteiger partial charge in [0.05, 0.1) is 17.6 Å². The second-order valence-corrected chi connectivity index (χ2v) is 6.46. The average molecular weight is 316 g/mol. The summed E-state index contributed by atoms with van der Waals surface area (Å²) in [6.45, 7) is 6.45. The van der Waals surface area contributed by atoms with Crippen molar-refractivity contribution in [2.75, 3.05) is 6.61 Å². The Morgan fingerprint density at radius 3 is 2.70 bits per heavy atom. The molecule has 1 aliphatic heterocycles. The highest BCUT2D eigenvalue weighted by atomic mass is 16.5. The van der Waals surface area contributed by atoms with Crippen LogP contribution in [0.3, 0.4) is 0 Å². The molecule has 0 atom stereocenters. The van der Waals surface area contributed by atoms with Gasteiger partial charge in [-0.05, 0) is 30.4 Å². The van der Waals surface area contributed by atoms with Crippen molar-refractivity contribution in [3.8, 4) is 0 Å². The van der Waals surface area contributed by atoms with E-state index in [1.54, 1.807) is 17.6 Å². The third-order valence-electron chi connectivity index (χ3n) is 4.53. The van der Waals surface area contributed by atoms with Gasteiger partial charge in [-0.2, -0.15) is 0 Å². The van der Waals surface area contributed by atoms with E-state index in [0.717, 1.165) is 17.5 Å². The number of aryl methyl sites for hydroxylation is 1. The van der Waals surface area contributed by atoms with Crippen LogP contribution < -0.4 is 11.1 Å². The summed E-state index contributed by atoms with van der Waals surface area (Å²) in [4.78, 5) is 36.7. The van der Waals surface area contributed by atoms with E-state index in [1.165, 1.54) is 4.57 Å². The van der Waals surface area contributed by atoms with Crippen molar-refractivity contribution in [2.45, 2.75) is 45.7 Å². The lowest BCUT2D eigenvalue weighted by atomic mass is 9.78. The number of ether oxygens (including phenoxy) is 1. The molecule has 0 spiro atoms. The van der Waals surface area contributed by atoms with E-state index < -0.39 is 17.1 Å². The Bertz CT molecular complexity index is 905. The van der Waals surface area contributed by atoms with Crippen molar-refractivity contribution in [1.29, 1.82) is 0 Å². The predicted octanol–water partition coefficient (Wildman–Crippen LogP) is 1.41. The number of nitrogens with zero attached hydrogens (tertiary/aromatic N) is 2. The van der Waals surface area contributed by atoms with Crippen molar-refractivity contribution >= 4 is 17.0 Å². The van der Waals surface area contributed by atoms with Crippen LogP contribution in [-0.4, -0.2) is 21.7 Å². The number of carbonyl (C=O) groups excluding carboxylic acids is 1. The van der Waals surface area contributed by atoms with Crippen molar-refractivity contribution in [1.82, 2.24) is 9.13 Å². The molecule has 1 aromatic carbocycles. The first-order valence-electron chi connectivity index (χ1n) is 7.79. The summed E-state index contributed by atoms with van der Waals surface area (Å²) < 4.78 is 7.70. The number of hydrogen-bond acceptors (Lipinski definition) is 4. The average Bonchev–Trinajstić information content (AvgIpc) is 2.50. The number of aromatic nitrogens is 2. The van der Waals surface area contributed by atoms with Gasteiger partial charge in [-0.25, -0.2) is 0 Å². The van der Waals surface area contributed by atoms with E-state index >= 15 is 0 Å². The first kappa shape index (κ1) is 15.5. The molecule has 1 aromatic heterocycles. The highest BCUT2D eigenvalue weighted by molar-refractivity contribution is 5.82. The Kier molecular flexibility index (Phi) is 3.62. The summed E-state index contributed by atoms with van der Waals surface area (Å²) in [5.74, 6) is -0.519. The summed E-state index contributed by atoms with van der Waals surface area (Å²) in [6.07, 6.45) is 0.792. The summed E-state index contributed by atoms with van der Waals surface area (Å²) >= 11 is 0. The van der Waals surface area contributed by atoms with Crippen LogP contribution in [-0.2, 0) is 28.0 Å². The summed E-state index contributed by atoms with van der Waals surface area (Å²) in [6, 6.07) is 5.62. The van der Waals surface area contributed by atoms with Crippen LogP contribution in [0, 0.1) is 0 Å². The lowest BCUT2D eigenvalue weighted by Gasteiger charge is -2.33. The van der Waals surface area contributed by atoms with Gasteiger partial charge < -0.3 is 9.30 Å². The molecule has 122 valence electrons. The second-order valence-electron chi connectivity index (χ2n) is 6.46. The Balaban J connectivity index is 2.34. The van der Waals surface area contributed by atoms with E-state index in [9.17, 15) is 14.4 Å². The van der Waals surface area contributed by atoms with Gasteiger partial charge in [0.2, 0.25) is 0 Å². The zero-order chi connectivity index (χ0) is 16.8. The molecule has 0 N–H and O–H groups in total. The SMILES string of the molecule is CCOC(=O)Cn1c(=O)c(=O)n2c3c(cccc31)C(C)(C)CC2. The molecule has 0 saturated heterocycles. The van der Waals surface area contributed by atoms with Crippen molar-refractivity contribution < 1.29 is 9.53 Å². The summed E-state index contributed by atoms with van der Waals surface area (Å²) in [7, 11) is 0. The molecule has 2 aromatic rings. The molecular formula is C17H20N2O4. The Labute approximate surface area is 133 Å². The van der Waals surface area contributed by atoms with E-state index in [4.69, 9.17) is 4.74 Å². The lowest BCUT2D eigenvalue weighted by molar-refractivity contribution is -0.143. The van der Waals surface area contributed by atoms with Crippen LogP contribution in [0.25, 0.3) is 11.0 Å². The lowest BCUT2D eigenvalue weighted by Crippen LogP contribution is -2.45. The van der Waals surface area contributed by atoms with E-state index in [-0.39, 0.29) is 18.6 Å². The molecule has 0 aliphatic carbocycles. The molecular weight excluding hydrogens is 296 g/mol. The molecule has 0 amide bonds. The van der Waals surface area contributed by atoms with Gasteiger partial charge in [-0.1, -0.05) is 26.0 Å². The van der Waals surface area contributed by atoms with E-state index in [2.05, 4.69) is 13.8 Å². The largest absolute Gasteiger partial charge is 0.465 e. The van der Waals surface area contributed by atoms with Crippen LogP contribution in [0.5, 0.6) is 0 Å². The van der Waals surface area contributed by atoms with Crippen LogP contribution in [0.4, 0.5) is 0 Å². The summed E-state index contributed by atoms with van der Waals surface area (Å²) in [5, 5.41) is 0. The number of rotatable bonds is 3. The molecule has 3 rings (SSSR count). The van der Waals surface area contributed by atoms with Gasteiger partial charge in [0, 0.05) is 6.54 Å². The minimum absolute atomic E-state index is 0.0852. The fourth-order valence-electron chi connectivity index (χ4n) is 3.25. The zero-order valence-corrected chi connectivity index (χ0v) is 13.6. The monoisotopic (exact) mass is 316 g/mol. The smallest absolute Gasteiger partial charge is 0.326 e. The number of hydrogen-bond donors (Lipinski definition) is 0. The van der Waals surface area contributed by atoms with E-state index in [0.29, 0.717) is 12.1 Å². The first-order valence-corrected chi connectivity index (χ1v) is 7.79. The van der Waals surface area contributed by atoms with Crippen LogP contribution in [0.1, 0.15) is 32.8 Å². The number of benzene rings is 1. The maximum atomic E-state index is 12.4. The number of esters is 1. The van der Waals surface area contributed by atoms with Crippen LogP contribution >= 0.6 is 0 Å². The van der Waals surface area contributed by atoms with Gasteiger partial charge in [0.1, 0.15) is 6.54 Å². The molecule has 0 saturated carbocycles. The maximum Gasteiger partial charge on any atom is 0.326 e. The van der Waals surface area contributed by atoms with Gasteiger partial charge in [0.25, 0.3) is 0 Å². The van der Waals surface area contributed by atoms with Crippen molar-refractivity contribution in [3.63, 3.8) is 0 Å². The molecule has 0 bridgehead atoms. The Hall–Kier alpha value is -2.37. The van der Waals surface area contributed by atoms with E-state index in [1.807, 2.05) is 12.1 Å². The van der Waals surface area contributed by atoms with Crippen LogP contribution in [0.15, 0.2) is 27.8 Å². The predicted molar refractivity (Wildman–Crippen MR) is 86.7 cm³/mol. The molecule has 23 heavy (non-hydrogen) atoms. The second kappa shape index (κ2) is 5.37. The third kappa shape index (κ3) is 2.38. The van der Waals surface area contributed by atoms with Crippen molar-refractivity contribution in [2.24, 2.45) is 0 Å². The molecule has 2 heterocycles. The molecule has 0 unspecified atom stereocenters. The van der Waals surface area contributed by atoms with Crippen LogP contribution in [0.2, 0.25) is 0 Å². The zero-order valence-electron chi connectivity index (χ0n) is 13.6. The maximum absolute atomic E-state index is 12.4. The van der Waals surface area contributed by atoms with Crippen molar-refractivity contribution in [3.05, 3.63) is 44.5 Å². The standard InChI is InChI=1S/C17H20N2O4/c1-4-23-13(20)10-19-12-7-5-6-11-14(12)18(15(21)16(19)22)9-8-17(11,2)3/h5-7H,4,8-10H2,1-3H3. The quantitative estimate of drug-likeness (QED) is 0.634. The minimum atomic E-state index is -0.678. The van der Waals surface area contributed by atoms with Gasteiger partial charge in [-0.3, -0.25) is 19.0 Å². The van der Waals surface area contributed by atoms with Gasteiger partial charge in [-0.15, -0.1) is 0 Å². The molecule has 0 fully saturated rings. The third-order valence-corrected chi connectivity index (χ3v) is 4.53. The Morgan fingerprint density at radius 2 is 2.00 bits per heavy atom. The fourth-order valence-corrected chi connectivity index (χ4v) is 3.25. The highest BCUT2D eigenvalue weighted by Gasteiger charge is 2.30. The number of carbonyl (C=O) groups is 1. The molecule has 6 heteroatoms. The summed E-state index contributed by atoms with van der Waals surface area (Å²) in [5.41, 5.74) is 1.03. The minimum Gasteiger partial charge on any atom is -0.465 e. The molecule has 6 nitrogen and oxygen atoms in total. The first-order chi connectivity index (χ1) is 10.9. The van der Waals surface area contributed by atoms with Gasteiger partial charge in [0.15, 0.2) is 0 Å². The molecule has 0 radical (unpaired) electrons. The highest BCUT2D eigenvalue weighted by Crippen LogP contribution is 2.36. The fraction of sp³-hybridized carbons (Fsp3) is 0.471. The molecule has 1 aliphatic rings. The van der Waals surface area contributed by atoms with Gasteiger partial charge >= 0.3 is 17.1 Å².